The molecule has 1 aromatic carbocycles. The minimum atomic E-state index is -0.687. The van der Waals surface area contributed by atoms with Gasteiger partial charge in [-0.3, -0.25) is 0 Å². The van der Waals surface area contributed by atoms with E-state index in [1.165, 1.54) is 12.1 Å². The summed E-state index contributed by atoms with van der Waals surface area (Å²) in [7, 11) is 0. The normalized spacial score (nSPS) is 12.9. The smallest absolute Gasteiger partial charge is 0.132 e. The van der Waals surface area contributed by atoms with Crippen LogP contribution in [0, 0.1) is 11.6 Å². The standard InChI is InChI=1S/C9H11BrF2N2/c10-5-3-6(11)9(7(12)4-5)8(14)1-2-13/h3-4,8H,1-2,13-14H2/t8-/m1/s1. The summed E-state index contributed by atoms with van der Waals surface area (Å²) < 4.78 is 26.9. The maximum Gasteiger partial charge on any atom is 0.132 e. The van der Waals surface area contributed by atoms with E-state index in [2.05, 4.69) is 15.9 Å². The quantitative estimate of drug-likeness (QED) is 0.879. The Balaban J connectivity index is 3.07. The fraction of sp³-hybridized carbons (Fsp3) is 0.333. The predicted molar refractivity (Wildman–Crippen MR) is 54.7 cm³/mol. The fourth-order valence-corrected chi connectivity index (χ4v) is 1.63. The van der Waals surface area contributed by atoms with Gasteiger partial charge in [0.2, 0.25) is 0 Å². The minimum Gasteiger partial charge on any atom is -0.330 e. The van der Waals surface area contributed by atoms with Crippen molar-refractivity contribution in [2.75, 3.05) is 6.54 Å². The second-order valence-electron chi connectivity index (χ2n) is 2.97. The lowest BCUT2D eigenvalue weighted by atomic mass is 10.0. The first-order chi connectivity index (χ1) is 6.56. The van der Waals surface area contributed by atoms with Crippen LogP contribution in [0.15, 0.2) is 16.6 Å². The van der Waals surface area contributed by atoms with Gasteiger partial charge in [-0.1, -0.05) is 15.9 Å². The highest BCUT2D eigenvalue weighted by molar-refractivity contribution is 9.10. The van der Waals surface area contributed by atoms with Crippen LogP contribution in [0.4, 0.5) is 8.78 Å². The molecule has 0 saturated heterocycles. The summed E-state index contributed by atoms with van der Waals surface area (Å²) in [5.41, 5.74) is 10.7. The molecule has 2 nitrogen and oxygen atoms in total. The molecule has 0 aliphatic carbocycles. The van der Waals surface area contributed by atoms with Crippen molar-refractivity contribution in [2.24, 2.45) is 11.5 Å². The van der Waals surface area contributed by atoms with E-state index in [0.29, 0.717) is 17.4 Å². The first kappa shape index (κ1) is 11.6. The van der Waals surface area contributed by atoms with Gasteiger partial charge in [0.15, 0.2) is 0 Å². The molecule has 0 aliphatic heterocycles. The molecule has 78 valence electrons. The molecule has 0 amide bonds. The van der Waals surface area contributed by atoms with Crippen molar-refractivity contribution >= 4 is 15.9 Å². The van der Waals surface area contributed by atoms with Crippen molar-refractivity contribution in [3.8, 4) is 0 Å². The van der Waals surface area contributed by atoms with E-state index < -0.39 is 17.7 Å². The van der Waals surface area contributed by atoms with Crippen LogP contribution in [-0.4, -0.2) is 6.54 Å². The largest absolute Gasteiger partial charge is 0.330 e. The van der Waals surface area contributed by atoms with E-state index in [9.17, 15) is 8.78 Å². The summed E-state index contributed by atoms with van der Waals surface area (Å²) in [6.07, 6.45) is 0.357. The molecule has 1 rings (SSSR count). The highest BCUT2D eigenvalue weighted by Crippen LogP contribution is 2.24. The molecule has 0 radical (unpaired) electrons. The Hall–Kier alpha value is -0.520. The Morgan fingerprint density at radius 1 is 1.29 bits per heavy atom. The molecule has 0 bridgehead atoms. The Bertz CT molecular complexity index is 308. The summed E-state index contributed by atoms with van der Waals surface area (Å²) in [6.45, 7) is 0.302. The lowest BCUT2D eigenvalue weighted by Crippen LogP contribution is -2.18. The zero-order valence-electron chi connectivity index (χ0n) is 7.43. The Labute approximate surface area is 89.4 Å². The molecule has 4 N–H and O–H groups in total. The average Bonchev–Trinajstić information content (AvgIpc) is 2.01. The van der Waals surface area contributed by atoms with Crippen molar-refractivity contribution in [3.05, 3.63) is 33.8 Å². The van der Waals surface area contributed by atoms with Crippen molar-refractivity contribution in [1.29, 1.82) is 0 Å². The second kappa shape index (κ2) is 4.82. The summed E-state index contributed by atoms with van der Waals surface area (Å²) in [4.78, 5) is 0. The molecule has 0 saturated carbocycles. The van der Waals surface area contributed by atoms with Crippen LogP contribution >= 0.6 is 15.9 Å². The SMILES string of the molecule is NCC[C@@H](N)c1c(F)cc(Br)cc1F. The Kier molecular flexibility index (Phi) is 3.97. The molecule has 0 fully saturated rings. The second-order valence-corrected chi connectivity index (χ2v) is 3.88. The lowest BCUT2D eigenvalue weighted by Gasteiger charge is -2.12. The van der Waals surface area contributed by atoms with Gasteiger partial charge in [0.25, 0.3) is 0 Å². The van der Waals surface area contributed by atoms with Gasteiger partial charge in [0.1, 0.15) is 11.6 Å². The zero-order valence-corrected chi connectivity index (χ0v) is 9.02. The van der Waals surface area contributed by atoms with E-state index in [1.54, 1.807) is 0 Å². The van der Waals surface area contributed by atoms with Gasteiger partial charge < -0.3 is 11.5 Å². The van der Waals surface area contributed by atoms with E-state index in [1.807, 2.05) is 0 Å². The van der Waals surface area contributed by atoms with E-state index >= 15 is 0 Å². The minimum absolute atomic E-state index is 0.0985. The first-order valence-corrected chi connectivity index (χ1v) is 4.95. The first-order valence-electron chi connectivity index (χ1n) is 4.16. The van der Waals surface area contributed by atoms with Crippen LogP contribution in [0.25, 0.3) is 0 Å². The monoisotopic (exact) mass is 264 g/mol. The number of hydrogen-bond acceptors (Lipinski definition) is 2. The average molecular weight is 265 g/mol. The molecule has 14 heavy (non-hydrogen) atoms. The van der Waals surface area contributed by atoms with Crippen molar-refractivity contribution in [3.63, 3.8) is 0 Å². The molecular weight excluding hydrogens is 254 g/mol. The summed E-state index contributed by atoms with van der Waals surface area (Å²) in [5, 5.41) is 0. The Morgan fingerprint density at radius 3 is 2.21 bits per heavy atom. The number of benzene rings is 1. The predicted octanol–water partition coefficient (Wildman–Crippen LogP) is 2.08. The van der Waals surface area contributed by atoms with Gasteiger partial charge in [-0.2, -0.15) is 0 Å². The van der Waals surface area contributed by atoms with Gasteiger partial charge in [-0.15, -0.1) is 0 Å². The topological polar surface area (TPSA) is 52.0 Å². The summed E-state index contributed by atoms with van der Waals surface area (Å²) in [6, 6.07) is 1.69. The van der Waals surface area contributed by atoms with Gasteiger partial charge in [-0.05, 0) is 25.1 Å². The molecule has 1 aromatic rings. The summed E-state index contributed by atoms with van der Waals surface area (Å²) >= 11 is 2.99. The van der Waals surface area contributed by atoms with Crippen LogP contribution in [0.1, 0.15) is 18.0 Å². The maximum absolute atomic E-state index is 13.3. The molecule has 0 heterocycles. The van der Waals surface area contributed by atoms with Crippen LogP contribution in [-0.2, 0) is 0 Å². The van der Waals surface area contributed by atoms with Crippen LogP contribution in [0.3, 0.4) is 0 Å². The molecule has 0 unspecified atom stereocenters. The number of nitrogens with two attached hydrogens (primary N) is 2. The van der Waals surface area contributed by atoms with Gasteiger partial charge in [0.05, 0.1) is 0 Å². The molecule has 5 heteroatoms. The molecule has 0 aromatic heterocycles. The van der Waals surface area contributed by atoms with E-state index in [-0.39, 0.29) is 5.56 Å². The van der Waals surface area contributed by atoms with E-state index in [0.717, 1.165) is 0 Å². The summed E-state index contributed by atoms with van der Waals surface area (Å²) in [5.74, 6) is -1.28. The van der Waals surface area contributed by atoms with Crippen molar-refractivity contribution in [1.82, 2.24) is 0 Å². The number of rotatable bonds is 3. The number of hydrogen-bond donors (Lipinski definition) is 2. The zero-order chi connectivity index (χ0) is 10.7. The fourth-order valence-electron chi connectivity index (χ4n) is 1.23. The van der Waals surface area contributed by atoms with Gasteiger partial charge in [0, 0.05) is 16.1 Å². The highest BCUT2D eigenvalue weighted by atomic mass is 79.9. The van der Waals surface area contributed by atoms with Crippen LogP contribution in [0.5, 0.6) is 0 Å². The van der Waals surface area contributed by atoms with Crippen molar-refractivity contribution in [2.45, 2.75) is 12.5 Å². The van der Waals surface area contributed by atoms with Crippen LogP contribution in [0.2, 0.25) is 0 Å². The molecule has 0 aliphatic rings. The number of halogens is 3. The van der Waals surface area contributed by atoms with Crippen LogP contribution < -0.4 is 11.5 Å². The maximum atomic E-state index is 13.3. The Morgan fingerprint density at radius 2 is 1.79 bits per heavy atom. The van der Waals surface area contributed by atoms with Gasteiger partial charge >= 0.3 is 0 Å². The molecule has 1 atom stereocenters. The highest BCUT2D eigenvalue weighted by Gasteiger charge is 2.16. The molecular formula is C9H11BrF2N2. The van der Waals surface area contributed by atoms with E-state index in [4.69, 9.17) is 11.5 Å². The third-order valence-corrected chi connectivity index (χ3v) is 2.35. The molecule has 0 spiro atoms. The third-order valence-electron chi connectivity index (χ3n) is 1.89. The third kappa shape index (κ3) is 2.50. The van der Waals surface area contributed by atoms with Crippen molar-refractivity contribution < 1.29 is 8.78 Å². The van der Waals surface area contributed by atoms with Gasteiger partial charge in [-0.25, -0.2) is 8.78 Å². The lowest BCUT2D eigenvalue weighted by molar-refractivity contribution is 0.514.